The predicted octanol–water partition coefficient (Wildman–Crippen LogP) is 6.68. The molecule has 2 aliphatic rings. The molecule has 0 unspecified atom stereocenters. The molecule has 0 aromatic carbocycles. The molecule has 5 aromatic rings. The molecule has 6 heterocycles. The molecule has 188 valence electrons. The Hall–Kier alpha value is -3.74. The number of anilines is 1. The Morgan fingerprint density at radius 3 is 2.59 bits per heavy atom. The predicted molar refractivity (Wildman–Crippen MR) is 149 cm³/mol. The minimum absolute atomic E-state index is 0.785. The second-order valence-corrected chi connectivity index (χ2v) is 10.8. The molecule has 1 aliphatic carbocycles. The Morgan fingerprint density at radius 2 is 1.70 bits per heavy atom. The number of hydrogen-bond donors (Lipinski definition) is 2. The van der Waals surface area contributed by atoms with Gasteiger partial charge in [-0.2, -0.15) is 5.10 Å². The monoisotopic (exact) mass is 491 g/mol. The topological polar surface area (TPSA) is 86.4 Å². The number of nitrogens with zero attached hydrogens (tertiary/aromatic N) is 5. The van der Waals surface area contributed by atoms with E-state index in [-0.39, 0.29) is 0 Å². The van der Waals surface area contributed by atoms with E-state index in [1.807, 2.05) is 24.8 Å². The van der Waals surface area contributed by atoms with Crippen LogP contribution in [0, 0.1) is 5.92 Å². The molecule has 2 N–H and O–H groups in total. The van der Waals surface area contributed by atoms with Crippen molar-refractivity contribution in [2.24, 2.45) is 5.92 Å². The van der Waals surface area contributed by atoms with E-state index in [4.69, 9.17) is 9.97 Å². The van der Waals surface area contributed by atoms with Crippen LogP contribution in [0.2, 0.25) is 0 Å². The van der Waals surface area contributed by atoms with Crippen LogP contribution < -0.4 is 4.90 Å². The van der Waals surface area contributed by atoms with Crippen LogP contribution in [0.25, 0.3) is 44.5 Å². The number of rotatable bonds is 5. The zero-order valence-electron chi connectivity index (χ0n) is 21.2. The lowest BCUT2D eigenvalue weighted by Gasteiger charge is -2.28. The number of nitrogens with one attached hydrogen (secondary N) is 2. The van der Waals surface area contributed by atoms with Crippen molar-refractivity contribution in [3.05, 3.63) is 54.6 Å². The van der Waals surface area contributed by atoms with Gasteiger partial charge >= 0.3 is 0 Å². The van der Waals surface area contributed by atoms with E-state index in [0.717, 1.165) is 75.7 Å². The van der Waals surface area contributed by atoms with E-state index in [9.17, 15) is 0 Å². The molecule has 0 spiro atoms. The van der Waals surface area contributed by atoms with Crippen molar-refractivity contribution in [2.45, 2.75) is 57.8 Å². The van der Waals surface area contributed by atoms with E-state index < -0.39 is 0 Å². The van der Waals surface area contributed by atoms with E-state index in [0.29, 0.717) is 0 Å². The van der Waals surface area contributed by atoms with E-state index in [1.165, 1.54) is 56.9 Å². The number of H-pyrrole nitrogens is 2. The first-order valence-corrected chi connectivity index (χ1v) is 13.8. The first kappa shape index (κ1) is 22.5. The van der Waals surface area contributed by atoms with Crippen LogP contribution in [0.4, 0.5) is 5.82 Å². The largest absolute Gasteiger partial charge is 0.356 e. The van der Waals surface area contributed by atoms with E-state index in [2.05, 4.69) is 49.3 Å². The summed E-state index contributed by atoms with van der Waals surface area (Å²) in [6, 6.07) is 8.67. The molecule has 0 bridgehead atoms. The summed E-state index contributed by atoms with van der Waals surface area (Å²) in [7, 11) is 0. The molecule has 37 heavy (non-hydrogen) atoms. The molecule has 7 nitrogen and oxygen atoms in total. The molecule has 1 aliphatic heterocycles. The van der Waals surface area contributed by atoms with Crippen molar-refractivity contribution in [2.75, 3.05) is 18.0 Å². The van der Waals surface area contributed by atoms with Crippen molar-refractivity contribution in [1.82, 2.24) is 30.1 Å². The molecule has 5 aromatic heterocycles. The fourth-order valence-electron chi connectivity index (χ4n) is 6.27. The number of fused-ring (bicyclic) bond motifs is 2. The highest BCUT2D eigenvalue weighted by Crippen LogP contribution is 2.34. The van der Waals surface area contributed by atoms with Crippen LogP contribution in [0.5, 0.6) is 0 Å². The highest BCUT2D eigenvalue weighted by atomic mass is 15.2. The SMILES string of the molecule is c1cc2[nH]c(-c3n[nH]c4cnc(-c5cncc(CC6CCCCC6)c5)cc34)cc2c(N2CCCCC2)n1. The third-order valence-electron chi connectivity index (χ3n) is 8.22. The van der Waals surface area contributed by atoms with Crippen LogP contribution in [0.1, 0.15) is 56.9 Å². The number of hydrogen-bond acceptors (Lipinski definition) is 5. The zero-order valence-corrected chi connectivity index (χ0v) is 21.2. The van der Waals surface area contributed by atoms with E-state index >= 15 is 0 Å². The molecular formula is C30H33N7. The van der Waals surface area contributed by atoms with Gasteiger partial charge in [-0.3, -0.25) is 15.1 Å². The average molecular weight is 492 g/mol. The van der Waals surface area contributed by atoms with Gasteiger partial charge in [0, 0.05) is 48.0 Å². The van der Waals surface area contributed by atoms with Crippen molar-refractivity contribution < 1.29 is 0 Å². The fourth-order valence-corrected chi connectivity index (χ4v) is 6.27. The highest BCUT2D eigenvalue weighted by Gasteiger charge is 2.19. The lowest BCUT2D eigenvalue weighted by Crippen LogP contribution is -2.30. The highest BCUT2D eigenvalue weighted by molar-refractivity contribution is 5.99. The number of aromatic nitrogens is 6. The number of piperidine rings is 1. The van der Waals surface area contributed by atoms with Gasteiger partial charge in [0.15, 0.2) is 0 Å². The molecule has 0 radical (unpaired) electrons. The fraction of sp³-hybridized carbons (Fsp3) is 0.400. The number of pyridine rings is 3. The van der Waals surface area contributed by atoms with E-state index in [1.54, 1.807) is 0 Å². The second-order valence-electron chi connectivity index (χ2n) is 10.8. The minimum atomic E-state index is 0.785. The van der Waals surface area contributed by atoms with Crippen LogP contribution in [-0.4, -0.2) is 43.2 Å². The smallest absolute Gasteiger partial charge is 0.137 e. The lowest BCUT2D eigenvalue weighted by molar-refractivity contribution is 0.356. The zero-order chi connectivity index (χ0) is 24.6. The van der Waals surface area contributed by atoms with Gasteiger partial charge in [0.25, 0.3) is 0 Å². The minimum Gasteiger partial charge on any atom is -0.356 e. The molecular weight excluding hydrogens is 458 g/mol. The molecule has 7 heteroatoms. The summed E-state index contributed by atoms with van der Waals surface area (Å²) in [5.74, 6) is 1.86. The van der Waals surface area contributed by atoms with Crippen molar-refractivity contribution >= 4 is 27.6 Å². The van der Waals surface area contributed by atoms with Gasteiger partial charge < -0.3 is 9.88 Å². The third-order valence-corrected chi connectivity index (χ3v) is 8.22. The van der Waals surface area contributed by atoms with Crippen LogP contribution in [0.15, 0.2) is 49.1 Å². The molecule has 1 saturated carbocycles. The summed E-state index contributed by atoms with van der Waals surface area (Å²) in [5, 5.41) is 10.1. The summed E-state index contributed by atoms with van der Waals surface area (Å²) in [5.41, 5.74) is 7.23. The Balaban J connectivity index is 1.23. The summed E-state index contributed by atoms with van der Waals surface area (Å²) in [4.78, 5) is 20.1. The maximum Gasteiger partial charge on any atom is 0.137 e. The van der Waals surface area contributed by atoms with Crippen LogP contribution in [0.3, 0.4) is 0 Å². The molecule has 0 atom stereocenters. The molecule has 0 amide bonds. The van der Waals surface area contributed by atoms with Crippen LogP contribution >= 0.6 is 0 Å². The van der Waals surface area contributed by atoms with Gasteiger partial charge in [-0.05, 0) is 61.4 Å². The summed E-state index contributed by atoms with van der Waals surface area (Å²) in [6.07, 6.45) is 19.4. The van der Waals surface area contributed by atoms with Crippen LogP contribution in [-0.2, 0) is 6.42 Å². The maximum absolute atomic E-state index is 4.75. The van der Waals surface area contributed by atoms with Gasteiger partial charge in [0.1, 0.15) is 11.5 Å². The standard InChI is InChI=1S/C30H33N7/c1-3-7-20(8-4-1)13-21-14-22(18-31-17-21)26-15-23-28(19-33-26)35-36-29(23)27-16-24-25(34-27)9-10-32-30(24)37-11-5-2-6-12-37/h9-10,14-20,34H,1-8,11-13H2,(H,35,36). The average Bonchev–Trinajstić information content (AvgIpc) is 3.58. The quantitative estimate of drug-likeness (QED) is 0.286. The van der Waals surface area contributed by atoms with Crippen molar-refractivity contribution in [3.8, 4) is 22.6 Å². The lowest BCUT2D eigenvalue weighted by atomic mass is 9.85. The van der Waals surface area contributed by atoms with Gasteiger partial charge in [-0.25, -0.2) is 4.98 Å². The second kappa shape index (κ2) is 9.61. The van der Waals surface area contributed by atoms with Crippen molar-refractivity contribution in [1.29, 1.82) is 0 Å². The molecule has 2 fully saturated rings. The summed E-state index contributed by atoms with van der Waals surface area (Å²) >= 11 is 0. The normalized spacial score (nSPS) is 17.1. The number of aromatic amines is 2. The Kier molecular flexibility index (Phi) is 5.84. The van der Waals surface area contributed by atoms with Gasteiger partial charge in [0.2, 0.25) is 0 Å². The summed E-state index contributed by atoms with van der Waals surface area (Å²) < 4.78 is 0. The van der Waals surface area contributed by atoms with Gasteiger partial charge in [-0.1, -0.05) is 32.1 Å². The van der Waals surface area contributed by atoms with Gasteiger partial charge in [-0.15, -0.1) is 0 Å². The first-order valence-electron chi connectivity index (χ1n) is 13.8. The third kappa shape index (κ3) is 4.37. The summed E-state index contributed by atoms with van der Waals surface area (Å²) in [6.45, 7) is 2.14. The Labute approximate surface area is 216 Å². The Morgan fingerprint density at radius 1 is 0.838 bits per heavy atom. The van der Waals surface area contributed by atoms with Crippen molar-refractivity contribution in [3.63, 3.8) is 0 Å². The molecule has 1 saturated heterocycles. The first-order chi connectivity index (χ1) is 18.3. The Bertz CT molecular complexity index is 1540. The maximum atomic E-state index is 4.75. The van der Waals surface area contributed by atoms with Gasteiger partial charge in [0.05, 0.1) is 28.6 Å². The molecule has 7 rings (SSSR count).